The quantitative estimate of drug-likeness (QED) is 0.371. The van der Waals surface area contributed by atoms with E-state index in [-0.39, 0.29) is 12.6 Å². The number of urea groups is 1. The summed E-state index contributed by atoms with van der Waals surface area (Å²) in [7, 11) is 0. The standard InChI is InChI=1S/C22H35N3O6/c26-19(15-23-7-8-24-22(27)25-9-11-28-12-10-25)17-31-21-5-3-20(4-6-21)30-14-13-29-16-18-1-2-18/h3-6,18-19,23,26H,1-2,7-17H2,(H,24,27). The average Bonchev–Trinajstić information content (AvgIpc) is 3.63. The minimum absolute atomic E-state index is 0.0767. The molecule has 3 N–H and O–H groups in total. The van der Waals surface area contributed by atoms with Crippen LogP contribution in [0.1, 0.15) is 12.8 Å². The van der Waals surface area contributed by atoms with Crippen molar-refractivity contribution in [1.29, 1.82) is 0 Å². The monoisotopic (exact) mass is 437 g/mol. The number of nitrogens with zero attached hydrogens (tertiary/aromatic N) is 1. The second kappa shape index (κ2) is 13.4. The van der Waals surface area contributed by atoms with E-state index in [4.69, 9.17) is 18.9 Å². The number of ether oxygens (including phenoxy) is 4. The maximum absolute atomic E-state index is 11.9. The van der Waals surface area contributed by atoms with E-state index in [9.17, 15) is 9.90 Å². The molecule has 2 fully saturated rings. The molecule has 9 heteroatoms. The number of carbonyl (C=O) groups is 1. The van der Waals surface area contributed by atoms with Gasteiger partial charge in [0.15, 0.2) is 0 Å². The SMILES string of the molecule is O=C(NCCNCC(O)COc1ccc(OCCOCC2CC2)cc1)N1CCOCC1. The lowest BCUT2D eigenvalue weighted by atomic mass is 10.3. The number of morpholine rings is 1. The van der Waals surface area contributed by atoms with Crippen LogP contribution in [-0.4, -0.2) is 94.5 Å². The number of benzene rings is 1. The van der Waals surface area contributed by atoms with Crippen molar-refractivity contribution in [3.8, 4) is 11.5 Å². The minimum Gasteiger partial charge on any atom is -0.491 e. The molecule has 2 aliphatic rings. The van der Waals surface area contributed by atoms with E-state index >= 15 is 0 Å². The predicted molar refractivity (Wildman–Crippen MR) is 116 cm³/mol. The highest BCUT2D eigenvalue weighted by atomic mass is 16.5. The lowest BCUT2D eigenvalue weighted by Gasteiger charge is -2.27. The van der Waals surface area contributed by atoms with Crippen LogP contribution < -0.4 is 20.1 Å². The normalized spacial score (nSPS) is 17.3. The third-order valence-corrected chi connectivity index (χ3v) is 5.07. The largest absolute Gasteiger partial charge is 0.491 e. The Morgan fingerprint density at radius 2 is 1.81 bits per heavy atom. The van der Waals surface area contributed by atoms with Gasteiger partial charge in [-0.25, -0.2) is 4.79 Å². The number of nitrogens with one attached hydrogen (secondary N) is 2. The zero-order chi connectivity index (χ0) is 21.7. The average molecular weight is 438 g/mol. The molecule has 0 aromatic heterocycles. The Labute approximate surface area is 184 Å². The molecule has 1 saturated carbocycles. The highest BCUT2D eigenvalue weighted by Crippen LogP contribution is 2.28. The Kier molecular flexibility index (Phi) is 10.2. The zero-order valence-corrected chi connectivity index (χ0v) is 18.1. The number of hydrogen-bond acceptors (Lipinski definition) is 7. The van der Waals surface area contributed by atoms with Crippen LogP contribution >= 0.6 is 0 Å². The molecule has 31 heavy (non-hydrogen) atoms. The van der Waals surface area contributed by atoms with Crippen molar-refractivity contribution < 1.29 is 28.8 Å². The molecule has 1 aliphatic heterocycles. The minimum atomic E-state index is -0.644. The van der Waals surface area contributed by atoms with Gasteiger partial charge in [-0.3, -0.25) is 0 Å². The van der Waals surface area contributed by atoms with Crippen molar-refractivity contribution in [3.63, 3.8) is 0 Å². The summed E-state index contributed by atoms with van der Waals surface area (Å²) in [5, 5.41) is 16.0. The molecule has 1 aromatic rings. The lowest BCUT2D eigenvalue weighted by Crippen LogP contribution is -2.47. The topological polar surface area (TPSA) is 102 Å². The molecule has 2 amide bonds. The predicted octanol–water partition coefficient (Wildman–Crippen LogP) is 0.863. The van der Waals surface area contributed by atoms with Crippen LogP contribution in [0.25, 0.3) is 0 Å². The maximum atomic E-state index is 11.9. The maximum Gasteiger partial charge on any atom is 0.317 e. The van der Waals surface area contributed by atoms with Gasteiger partial charge in [0.2, 0.25) is 0 Å². The van der Waals surface area contributed by atoms with Gasteiger partial charge in [0.05, 0.1) is 19.8 Å². The number of aliphatic hydroxyl groups excluding tert-OH is 1. The van der Waals surface area contributed by atoms with Gasteiger partial charge in [0.25, 0.3) is 0 Å². The van der Waals surface area contributed by atoms with Crippen molar-refractivity contribution in [2.24, 2.45) is 5.92 Å². The molecule has 1 unspecified atom stereocenters. The summed E-state index contributed by atoms with van der Waals surface area (Å²) in [6, 6.07) is 7.26. The van der Waals surface area contributed by atoms with Crippen molar-refractivity contribution in [2.75, 3.05) is 72.4 Å². The van der Waals surface area contributed by atoms with Gasteiger partial charge in [-0.1, -0.05) is 0 Å². The summed E-state index contributed by atoms with van der Waals surface area (Å²) in [6.45, 7) is 6.03. The number of rotatable bonds is 14. The molecule has 0 radical (unpaired) electrons. The van der Waals surface area contributed by atoms with Gasteiger partial charge < -0.3 is 39.6 Å². The molecule has 0 bridgehead atoms. The molecular weight excluding hydrogens is 402 g/mol. The van der Waals surface area contributed by atoms with Crippen LogP contribution in [0.4, 0.5) is 4.79 Å². The van der Waals surface area contributed by atoms with Gasteiger partial charge >= 0.3 is 6.03 Å². The molecule has 1 heterocycles. The fourth-order valence-electron chi connectivity index (χ4n) is 3.04. The van der Waals surface area contributed by atoms with Crippen LogP contribution in [0.2, 0.25) is 0 Å². The van der Waals surface area contributed by atoms with Crippen LogP contribution in [0, 0.1) is 5.92 Å². The Morgan fingerprint density at radius 1 is 1.10 bits per heavy atom. The molecule has 9 nitrogen and oxygen atoms in total. The third-order valence-electron chi connectivity index (χ3n) is 5.07. The first kappa shape index (κ1) is 23.6. The molecule has 1 atom stereocenters. The van der Waals surface area contributed by atoms with Gasteiger partial charge in [0.1, 0.15) is 30.8 Å². The first-order chi connectivity index (χ1) is 15.2. The Morgan fingerprint density at radius 3 is 2.52 bits per heavy atom. The third kappa shape index (κ3) is 9.73. The fraction of sp³-hybridized carbons (Fsp3) is 0.682. The Hall–Kier alpha value is -2.07. The fourth-order valence-corrected chi connectivity index (χ4v) is 3.04. The first-order valence-corrected chi connectivity index (χ1v) is 11.1. The highest BCUT2D eigenvalue weighted by Gasteiger charge is 2.20. The van der Waals surface area contributed by atoms with Crippen LogP contribution in [-0.2, 0) is 9.47 Å². The van der Waals surface area contributed by atoms with Crippen LogP contribution in [0.5, 0.6) is 11.5 Å². The summed E-state index contributed by atoms with van der Waals surface area (Å²) in [4.78, 5) is 13.7. The van der Waals surface area contributed by atoms with Crippen LogP contribution in [0.3, 0.4) is 0 Å². The van der Waals surface area contributed by atoms with Crippen LogP contribution in [0.15, 0.2) is 24.3 Å². The van der Waals surface area contributed by atoms with E-state index in [0.717, 1.165) is 18.3 Å². The number of carbonyl (C=O) groups excluding carboxylic acids is 1. The first-order valence-electron chi connectivity index (χ1n) is 11.1. The molecule has 174 valence electrons. The highest BCUT2D eigenvalue weighted by molar-refractivity contribution is 5.74. The second-order valence-corrected chi connectivity index (χ2v) is 7.84. The Bertz CT molecular complexity index is 635. The molecule has 1 aromatic carbocycles. The van der Waals surface area contributed by atoms with Crippen molar-refractivity contribution >= 4 is 6.03 Å². The summed E-state index contributed by atoms with van der Waals surface area (Å²) >= 11 is 0. The second-order valence-electron chi connectivity index (χ2n) is 7.84. The molecule has 0 spiro atoms. The van der Waals surface area contributed by atoms with Crippen molar-refractivity contribution in [2.45, 2.75) is 18.9 Å². The van der Waals surface area contributed by atoms with Crippen molar-refractivity contribution in [1.82, 2.24) is 15.5 Å². The number of aliphatic hydroxyl groups is 1. The summed E-state index contributed by atoms with van der Waals surface area (Å²) < 4.78 is 22.0. The summed E-state index contributed by atoms with van der Waals surface area (Å²) in [6.07, 6.45) is 1.94. The van der Waals surface area contributed by atoms with E-state index in [0.29, 0.717) is 64.9 Å². The smallest absolute Gasteiger partial charge is 0.317 e. The summed E-state index contributed by atoms with van der Waals surface area (Å²) in [5.41, 5.74) is 0. The molecule has 3 rings (SSSR count). The van der Waals surface area contributed by atoms with E-state index in [1.165, 1.54) is 12.8 Å². The van der Waals surface area contributed by atoms with E-state index in [2.05, 4.69) is 10.6 Å². The molecule has 1 aliphatic carbocycles. The lowest BCUT2D eigenvalue weighted by molar-refractivity contribution is 0.0532. The summed E-state index contributed by atoms with van der Waals surface area (Å²) in [5.74, 6) is 2.21. The zero-order valence-electron chi connectivity index (χ0n) is 18.1. The van der Waals surface area contributed by atoms with E-state index in [1.54, 1.807) is 4.90 Å². The van der Waals surface area contributed by atoms with Gasteiger partial charge in [-0.15, -0.1) is 0 Å². The van der Waals surface area contributed by atoms with E-state index in [1.807, 2.05) is 24.3 Å². The molecular formula is C22H35N3O6. The van der Waals surface area contributed by atoms with Gasteiger partial charge in [0, 0.05) is 39.3 Å². The van der Waals surface area contributed by atoms with Gasteiger partial charge in [-0.2, -0.15) is 0 Å². The van der Waals surface area contributed by atoms with Crippen molar-refractivity contribution in [3.05, 3.63) is 24.3 Å². The van der Waals surface area contributed by atoms with E-state index < -0.39 is 6.10 Å². The van der Waals surface area contributed by atoms with Gasteiger partial charge in [-0.05, 0) is 43.0 Å². The molecule has 1 saturated heterocycles. The Balaban J connectivity index is 1.18. The number of amides is 2. The number of hydrogen-bond donors (Lipinski definition) is 3.